The first-order valence-electron chi connectivity index (χ1n) is 19.0. The Morgan fingerprint density at radius 2 is 0.965 bits per heavy atom. The Hall–Kier alpha value is -7.41. The summed E-state index contributed by atoms with van der Waals surface area (Å²) in [5.41, 5.74) is 9.87. The Morgan fingerprint density at radius 3 is 1.68 bits per heavy atom. The van der Waals surface area contributed by atoms with Crippen LogP contribution in [0.3, 0.4) is 0 Å². The van der Waals surface area contributed by atoms with Gasteiger partial charge in [0.2, 0.25) is 0 Å². The summed E-state index contributed by atoms with van der Waals surface area (Å²) in [6.07, 6.45) is 0. The van der Waals surface area contributed by atoms with E-state index in [9.17, 15) is 0 Å². The Labute approximate surface area is 330 Å². The Bertz CT molecular complexity index is 3460. The zero-order valence-corrected chi connectivity index (χ0v) is 31.2. The van der Waals surface area contributed by atoms with Crippen LogP contribution in [-0.2, 0) is 0 Å². The molecule has 0 fully saturated rings. The highest BCUT2D eigenvalue weighted by atomic mass is 32.1. The molecule has 12 aromatic rings. The third-order valence-corrected chi connectivity index (χ3v) is 12.2. The van der Waals surface area contributed by atoms with Gasteiger partial charge in [0, 0.05) is 64.1 Å². The summed E-state index contributed by atoms with van der Waals surface area (Å²) in [7, 11) is 0. The van der Waals surface area contributed by atoms with E-state index in [0.717, 1.165) is 55.4 Å². The van der Waals surface area contributed by atoms with E-state index in [0.29, 0.717) is 17.5 Å². The number of nitrogens with zero attached hydrogens (tertiary/aromatic N) is 4. The second-order valence-electron chi connectivity index (χ2n) is 14.3. The fourth-order valence-corrected chi connectivity index (χ4v) is 9.61. The van der Waals surface area contributed by atoms with E-state index >= 15 is 0 Å². The number of hydrogen-bond acceptors (Lipinski definition) is 5. The van der Waals surface area contributed by atoms with E-state index in [1.807, 2.05) is 78.1 Å². The summed E-state index contributed by atoms with van der Waals surface area (Å²) >= 11 is 1.86. The molecule has 0 atom stereocenters. The molecule has 0 aliphatic carbocycles. The Kier molecular flexibility index (Phi) is 7.03. The van der Waals surface area contributed by atoms with Crippen molar-refractivity contribution >= 4 is 75.3 Å². The number of para-hydroxylation sites is 3. The molecular formula is C51H30N4OS. The molecule has 0 spiro atoms. The van der Waals surface area contributed by atoms with Crippen molar-refractivity contribution < 1.29 is 4.42 Å². The molecule has 4 aromatic heterocycles. The van der Waals surface area contributed by atoms with Gasteiger partial charge in [-0.25, -0.2) is 15.0 Å². The molecule has 8 aromatic carbocycles. The van der Waals surface area contributed by atoms with Gasteiger partial charge in [0.1, 0.15) is 11.2 Å². The van der Waals surface area contributed by atoms with Crippen LogP contribution in [0.15, 0.2) is 186 Å². The molecule has 12 rings (SSSR count). The number of benzene rings is 8. The van der Waals surface area contributed by atoms with Crippen LogP contribution in [0.1, 0.15) is 0 Å². The standard InChI is InChI=1S/C51H30N4OS/c1-4-14-31(15-5-1)49-52-50(32-16-6-2-7-17-32)54-51(53-49)39-24-13-23-37-36-22-12-21-35(47(36)56-48(37)39)33-26-27-41-40(30-33)45-42(55(41)34-18-8-3-9-19-34)28-29-44-46(45)38-20-10-11-25-43(38)57-44/h1-30H. The average Bonchev–Trinajstić information content (AvgIpc) is 3.96. The zero-order chi connectivity index (χ0) is 37.5. The normalized spacial score (nSPS) is 11.9. The maximum Gasteiger partial charge on any atom is 0.167 e. The van der Waals surface area contributed by atoms with E-state index < -0.39 is 0 Å². The Morgan fingerprint density at radius 1 is 0.386 bits per heavy atom. The predicted octanol–water partition coefficient (Wildman–Crippen LogP) is 13.9. The monoisotopic (exact) mass is 746 g/mol. The topological polar surface area (TPSA) is 56.7 Å². The second-order valence-corrected chi connectivity index (χ2v) is 15.4. The van der Waals surface area contributed by atoms with Crippen molar-refractivity contribution in [2.45, 2.75) is 0 Å². The van der Waals surface area contributed by atoms with E-state index in [4.69, 9.17) is 19.4 Å². The number of thiophene rings is 1. The molecule has 0 unspecified atom stereocenters. The largest absolute Gasteiger partial charge is 0.455 e. The zero-order valence-electron chi connectivity index (χ0n) is 30.4. The molecule has 4 heterocycles. The lowest BCUT2D eigenvalue weighted by Gasteiger charge is -2.08. The minimum atomic E-state index is 0.566. The molecule has 266 valence electrons. The minimum absolute atomic E-state index is 0.566. The van der Waals surface area contributed by atoms with Crippen LogP contribution in [0.2, 0.25) is 0 Å². The van der Waals surface area contributed by atoms with Crippen molar-refractivity contribution in [1.82, 2.24) is 19.5 Å². The van der Waals surface area contributed by atoms with Crippen LogP contribution in [0.5, 0.6) is 0 Å². The number of fused-ring (bicyclic) bond motifs is 10. The SMILES string of the molecule is c1ccc(-c2nc(-c3ccccc3)nc(-c3cccc4c3oc3c(-c5ccc6c(c5)c5c7c(ccc5n6-c5ccccc5)sc5ccccc57)cccc34)n2)cc1. The first-order chi connectivity index (χ1) is 28.3. The van der Waals surface area contributed by atoms with Gasteiger partial charge in [-0.05, 0) is 54.1 Å². The van der Waals surface area contributed by atoms with Gasteiger partial charge in [-0.2, -0.15) is 0 Å². The lowest BCUT2D eigenvalue weighted by molar-refractivity contribution is 0.670. The maximum atomic E-state index is 7.00. The average molecular weight is 747 g/mol. The van der Waals surface area contributed by atoms with Crippen molar-refractivity contribution in [2.24, 2.45) is 0 Å². The van der Waals surface area contributed by atoms with Crippen LogP contribution in [0.4, 0.5) is 0 Å². The molecule has 0 N–H and O–H groups in total. The fraction of sp³-hybridized carbons (Fsp3) is 0. The van der Waals surface area contributed by atoms with Crippen LogP contribution in [-0.4, -0.2) is 19.5 Å². The molecule has 0 saturated heterocycles. The number of furan rings is 1. The van der Waals surface area contributed by atoms with Crippen molar-refractivity contribution in [3.8, 4) is 51.0 Å². The molecule has 0 aliphatic rings. The molecule has 0 amide bonds. The van der Waals surface area contributed by atoms with E-state index in [1.165, 1.54) is 42.0 Å². The lowest BCUT2D eigenvalue weighted by atomic mass is 9.99. The third-order valence-electron chi connectivity index (χ3n) is 11.1. The first-order valence-corrected chi connectivity index (χ1v) is 19.8. The number of hydrogen-bond donors (Lipinski definition) is 0. The summed E-state index contributed by atoms with van der Waals surface area (Å²) in [5.74, 6) is 1.79. The van der Waals surface area contributed by atoms with Crippen LogP contribution >= 0.6 is 11.3 Å². The smallest absolute Gasteiger partial charge is 0.167 e. The highest BCUT2D eigenvalue weighted by Crippen LogP contribution is 2.45. The molecule has 5 nitrogen and oxygen atoms in total. The van der Waals surface area contributed by atoms with Gasteiger partial charge >= 0.3 is 0 Å². The third kappa shape index (κ3) is 4.98. The van der Waals surface area contributed by atoms with Crippen molar-refractivity contribution in [3.63, 3.8) is 0 Å². The van der Waals surface area contributed by atoms with Gasteiger partial charge in [0.05, 0.1) is 16.6 Å². The quantitative estimate of drug-likeness (QED) is 0.176. The first kappa shape index (κ1) is 31.9. The summed E-state index contributed by atoms with van der Waals surface area (Å²) in [4.78, 5) is 15.0. The van der Waals surface area contributed by atoms with Crippen molar-refractivity contribution in [3.05, 3.63) is 182 Å². The molecule has 57 heavy (non-hydrogen) atoms. The lowest BCUT2D eigenvalue weighted by Crippen LogP contribution is -2.00. The minimum Gasteiger partial charge on any atom is -0.455 e. The molecular weight excluding hydrogens is 717 g/mol. The van der Waals surface area contributed by atoms with Gasteiger partial charge in [0.15, 0.2) is 17.5 Å². The summed E-state index contributed by atoms with van der Waals surface area (Å²) < 4.78 is 12.0. The maximum absolute atomic E-state index is 7.00. The molecule has 0 bridgehead atoms. The second kappa shape index (κ2) is 12.6. The molecule has 0 saturated carbocycles. The van der Waals surface area contributed by atoms with E-state index in [1.54, 1.807) is 0 Å². The van der Waals surface area contributed by atoms with Gasteiger partial charge in [-0.3, -0.25) is 0 Å². The van der Waals surface area contributed by atoms with Crippen LogP contribution in [0, 0.1) is 0 Å². The predicted molar refractivity (Wildman–Crippen MR) is 236 cm³/mol. The van der Waals surface area contributed by atoms with Crippen LogP contribution in [0.25, 0.3) is 115 Å². The van der Waals surface area contributed by atoms with Gasteiger partial charge in [-0.1, -0.05) is 133 Å². The molecule has 6 heteroatoms. The van der Waals surface area contributed by atoms with Crippen molar-refractivity contribution in [1.29, 1.82) is 0 Å². The summed E-state index contributed by atoms with van der Waals surface area (Å²) in [6.45, 7) is 0. The van der Waals surface area contributed by atoms with Gasteiger partial charge in [0.25, 0.3) is 0 Å². The van der Waals surface area contributed by atoms with Crippen LogP contribution < -0.4 is 0 Å². The van der Waals surface area contributed by atoms with Gasteiger partial charge in [-0.15, -0.1) is 11.3 Å². The highest BCUT2D eigenvalue weighted by Gasteiger charge is 2.22. The van der Waals surface area contributed by atoms with E-state index in [2.05, 4.69) is 120 Å². The van der Waals surface area contributed by atoms with Gasteiger partial charge < -0.3 is 8.98 Å². The summed E-state index contributed by atoms with van der Waals surface area (Å²) in [6, 6.07) is 63.7. The van der Waals surface area contributed by atoms with Crippen molar-refractivity contribution in [2.75, 3.05) is 0 Å². The molecule has 0 radical (unpaired) electrons. The summed E-state index contributed by atoms with van der Waals surface area (Å²) in [5, 5.41) is 7.13. The number of aromatic nitrogens is 4. The molecule has 0 aliphatic heterocycles. The van der Waals surface area contributed by atoms with E-state index in [-0.39, 0.29) is 0 Å². The number of rotatable bonds is 5. The fourth-order valence-electron chi connectivity index (χ4n) is 8.50. The Balaban J connectivity index is 1.09. The highest BCUT2D eigenvalue weighted by molar-refractivity contribution is 7.26.